The van der Waals surface area contributed by atoms with Crippen molar-refractivity contribution in [2.75, 3.05) is 13.1 Å². The molecular weight excluding hydrogens is 380 g/mol. The van der Waals surface area contributed by atoms with Crippen LogP contribution in [0.1, 0.15) is 24.4 Å². The highest BCUT2D eigenvalue weighted by molar-refractivity contribution is 5.85. The topological polar surface area (TPSA) is 117 Å². The number of nitrogens with zero attached hydrogens (tertiary/aromatic N) is 6. The number of nitrogens with one attached hydrogen (secondary N) is 2. The zero-order chi connectivity index (χ0) is 18.4. The normalized spacial score (nSPS) is 16.8. The van der Waals surface area contributed by atoms with Crippen molar-refractivity contribution in [3.05, 3.63) is 46.8 Å². The average Bonchev–Trinajstić information content (AvgIpc) is 3.27. The molecule has 142 valence electrons. The van der Waals surface area contributed by atoms with E-state index in [1.165, 1.54) is 0 Å². The summed E-state index contributed by atoms with van der Waals surface area (Å²) in [6, 6.07) is 5.66. The maximum absolute atomic E-state index is 12.5. The summed E-state index contributed by atoms with van der Waals surface area (Å²) >= 11 is 0. The predicted molar refractivity (Wildman–Crippen MR) is 105 cm³/mol. The van der Waals surface area contributed by atoms with E-state index in [1.807, 2.05) is 0 Å². The fraction of sp³-hybridized carbons (Fsp3) is 0.278. The molecule has 2 N–H and O–H groups in total. The number of pyridine rings is 1. The van der Waals surface area contributed by atoms with Crippen molar-refractivity contribution in [3.63, 3.8) is 0 Å². The Morgan fingerprint density at radius 1 is 1.32 bits per heavy atom. The molecule has 1 atom stereocenters. The second-order valence-corrected chi connectivity index (χ2v) is 6.65. The number of fused-ring (bicyclic) bond motifs is 2. The molecular formula is C18H17ClN8O. The van der Waals surface area contributed by atoms with Crippen LogP contribution in [0.3, 0.4) is 0 Å². The molecule has 1 aliphatic heterocycles. The maximum Gasteiger partial charge on any atom is 0.328 e. The Kier molecular flexibility index (Phi) is 4.58. The highest BCUT2D eigenvalue weighted by Crippen LogP contribution is 2.25. The molecule has 1 saturated heterocycles. The summed E-state index contributed by atoms with van der Waals surface area (Å²) in [4.78, 5) is 24.4. The van der Waals surface area contributed by atoms with Gasteiger partial charge in [-0.2, -0.15) is 10.4 Å². The molecule has 0 amide bonds. The van der Waals surface area contributed by atoms with Crippen LogP contribution in [0.5, 0.6) is 0 Å². The van der Waals surface area contributed by atoms with Crippen LogP contribution in [0.15, 0.2) is 35.5 Å². The number of nitriles is 1. The quantitative estimate of drug-likeness (QED) is 0.532. The Balaban J connectivity index is 0.00000192. The molecule has 0 spiro atoms. The molecule has 4 aromatic rings. The van der Waals surface area contributed by atoms with Crippen molar-refractivity contribution >= 4 is 29.1 Å². The number of imidazole rings is 1. The van der Waals surface area contributed by atoms with Gasteiger partial charge < -0.3 is 10.3 Å². The van der Waals surface area contributed by atoms with E-state index in [2.05, 4.69) is 31.4 Å². The van der Waals surface area contributed by atoms with E-state index in [9.17, 15) is 4.79 Å². The Hall–Kier alpha value is -3.22. The van der Waals surface area contributed by atoms with Crippen molar-refractivity contribution in [3.8, 4) is 17.5 Å². The smallest absolute Gasteiger partial charge is 0.315 e. The highest BCUT2D eigenvalue weighted by atomic mass is 35.5. The highest BCUT2D eigenvalue weighted by Gasteiger charge is 2.21. The van der Waals surface area contributed by atoms with Gasteiger partial charge in [-0.05, 0) is 31.5 Å². The average molecular weight is 397 g/mol. The summed E-state index contributed by atoms with van der Waals surface area (Å²) in [5.74, 6) is 0.476. The third-order valence-corrected chi connectivity index (χ3v) is 4.98. The van der Waals surface area contributed by atoms with Gasteiger partial charge in [0.15, 0.2) is 11.5 Å². The summed E-state index contributed by atoms with van der Waals surface area (Å²) in [5, 5.41) is 16.8. The lowest BCUT2D eigenvalue weighted by atomic mass is 10.1. The predicted octanol–water partition coefficient (Wildman–Crippen LogP) is 1.65. The van der Waals surface area contributed by atoms with Gasteiger partial charge in [0.2, 0.25) is 0 Å². The SMILES string of the molecule is Cl.N#Cc1ccn2ncc(-c3ncc4[nH]c(=O)n(C5CCCNC5)c4n3)c2c1. The Morgan fingerprint density at radius 3 is 3.00 bits per heavy atom. The molecule has 0 bridgehead atoms. The van der Waals surface area contributed by atoms with E-state index in [4.69, 9.17) is 5.26 Å². The Labute approximate surface area is 165 Å². The van der Waals surface area contributed by atoms with Gasteiger partial charge in [-0.3, -0.25) is 4.57 Å². The lowest BCUT2D eigenvalue weighted by Gasteiger charge is -2.23. The van der Waals surface area contributed by atoms with Gasteiger partial charge in [0.1, 0.15) is 5.52 Å². The van der Waals surface area contributed by atoms with E-state index in [1.54, 1.807) is 39.8 Å². The fourth-order valence-corrected chi connectivity index (χ4v) is 3.66. The number of aromatic nitrogens is 6. The van der Waals surface area contributed by atoms with Gasteiger partial charge in [-0.15, -0.1) is 12.4 Å². The molecule has 0 aromatic carbocycles. The van der Waals surface area contributed by atoms with Gasteiger partial charge in [-0.1, -0.05) is 0 Å². The number of halogens is 1. The second-order valence-electron chi connectivity index (χ2n) is 6.65. The number of rotatable bonds is 2. The fourth-order valence-electron chi connectivity index (χ4n) is 3.66. The molecule has 0 saturated carbocycles. The van der Waals surface area contributed by atoms with Gasteiger partial charge >= 0.3 is 5.69 Å². The molecule has 9 nitrogen and oxygen atoms in total. The molecule has 0 radical (unpaired) electrons. The number of H-pyrrole nitrogens is 1. The number of hydrogen-bond acceptors (Lipinski definition) is 6. The van der Waals surface area contributed by atoms with E-state index in [0.717, 1.165) is 37.0 Å². The van der Waals surface area contributed by atoms with Crippen molar-refractivity contribution < 1.29 is 0 Å². The summed E-state index contributed by atoms with van der Waals surface area (Å²) in [5.41, 5.74) is 3.04. The second kappa shape index (κ2) is 7.07. The monoisotopic (exact) mass is 396 g/mol. The minimum absolute atomic E-state index is 0. The zero-order valence-corrected chi connectivity index (χ0v) is 15.6. The zero-order valence-electron chi connectivity index (χ0n) is 14.8. The van der Waals surface area contributed by atoms with Crippen LogP contribution in [0.2, 0.25) is 0 Å². The first-order valence-corrected chi connectivity index (χ1v) is 8.80. The summed E-state index contributed by atoms with van der Waals surface area (Å²) in [6.07, 6.45) is 6.99. The first kappa shape index (κ1) is 18.2. The van der Waals surface area contributed by atoms with Crippen molar-refractivity contribution in [2.45, 2.75) is 18.9 Å². The van der Waals surface area contributed by atoms with E-state index in [-0.39, 0.29) is 24.1 Å². The van der Waals surface area contributed by atoms with Crippen LogP contribution in [0.4, 0.5) is 0 Å². The van der Waals surface area contributed by atoms with E-state index >= 15 is 0 Å². The van der Waals surface area contributed by atoms with Gasteiger partial charge in [0, 0.05) is 12.7 Å². The van der Waals surface area contributed by atoms with Gasteiger partial charge in [-0.25, -0.2) is 19.3 Å². The molecule has 10 heteroatoms. The Morgan fingerprint density at radius 2 is 2.21 bits per heavy atom. The molecule has 0 aliphatic carbocycles. The number of aromatic amines is 1. The standard InChI is InChI=1S/C18H16N8O.ClH/c19-7-11-3-5-25-15(6-11)13(9-22-25)16-21-10-14-17(24-16)26(18(27)23-14)12-2-1-4-20-8-12;/h3,5-6,9-10,12,20H,1-2,4,8H2,(H,23,27);1H. The third-order valence-electron chi connectivity index (χ3n) is 4.98. The largest absolute Gasteiger partial charge is 0.328 e. The minimum Gasteiger partial charge on any atom is -0.315 e. The summed E-state index contributed by atoms with van der Waals surface area (Å²) in [7, 11) is 0. The molecule has 1 fully saturated rings. The summed E-state index contributed by atoms with van der Waals surface area (Å²) < 4.78 is 3.40. The summed E-state index contributed by atoms with van der Waals surface area (Å²) in [6.45, 7) is 1.71. The lowest BCUT2D eigenvalue weighted by molar-refractivity contribution is 0.370. The van der Waals surface area contributed by atoms with Crippen molar-refractivity contribution in [2.24, 2.45) is 0 Å². The van der Waals surface area contributed by atoms with Crippen LogP contribution in [0.25, 0.3) is 28.1 Å². The molecule has 4 aromatic heterocycles. The van der Waals surface area contributed by atoms with Gasteiger partial charge in [0.05, 0.1) is 41.1 Å². The van der Waals surface area contributed by atoms with Crippen LogP contribution < -0.4 is 11.0 Å². The molecule has 1 aliphatic rings. The van der Waals surface area contributed by atoms with Crippen LogP contribution in [-0.4, -0.2) is 42.2 Å². The van der Waals surface area contributed by atoms with Crippen LogP contribution >= 0.6 is 12.4 Å². The van der Waals surface area contributed by atoms with Crippen molar-refractivity contribution in [1.82, 2.24) is 34.4 Å². The number of piperidine rings is 1. The van der Waals surface area contributed by atoms with E-state index < -0.39 is 0 Å². The van der Waals surface area contributed by atoms with Gasteiger partial charge in [0.25, 0.3) is 0 Å². The molecule has 28 heavy (non-hydrogen) atoms. The first-order chi connectivity index (χ1) is 13.2. The molecule has 5 rings (SSSR count). The molecule has 5 heterocycles. The first-order valence-electron chi connectivity index (χ1n) is 8.80. The maximum atomic E-state index is 12.5. The van der Waals surface area contributed by atoms with Crippen LogP contribution in [-0.2, 0) is 0 Å². The van der Waals surface area contributed by atoms with Crippen molar-refractivity contribution in [1.29, 1.82) is 5.26 Å². The Bertz CT molecular complexity index is 1260. The van der Waals surface area contributed by atoms with E-state index in [0.29, 0.717) is 22.6 Å². The van der Waals surface area contributed by atoms with Crippen LogP contribution in [0, 0.1) is 11.3 Å². The number of hydrogen-bond donors (Lipinski definition) is 2. The minimum atomic E-state index is -0.170. The molecule has 1 unspecified atom stereocenters. The third kappa shape index (κ3) is 2.83. The lowest BCUT2D eigenvalue weighted by Crippen LogP contribution is -2.35.